The molecule has 2 heteroatoms. The number of rotatable bonds is 2. The first-order valence-corrected chi connectivity index (χ1v) is 7.23. The zero-order chi connectivity index (χ0) is 12.6. The van der Waals surface area contributed by atoms with E-state index in [0.29, 0.717) is 17.6 Å². The molecule has 0 aromatic heterocycles. The number of hydrogen-bond donors (Lipinski definition) is 1. The standard InChI is InChI=1S/C15H27NO/c1-10-7-11(2)9-12(8-10)14(17)15(3)6-4-5-13(15)16/h10-13H,4-9,16H2,1-3H3. The lowest BCUT2D eigenvalue weighted by atomic mass is 9.67. The molecule has 0 spiro atoms. The van der Waals surface area contributed by atoms with Crippen molar-refractivity contribution >= 4 is 5.78 Å². The molecule has 2 aliphatic carbocycles. The monoisotopic (exact) mass is 237 g/mol. The molecule has 2 N–H and O–H groups in total. The van der Waals surface area contributed by atoms with Crippen molar-refractivity contribution < 1.29 is 4.79 Å². The van der Waals surface area contributed by atoms with Gasteiger partial charge in [-0.15, -0.1) is 0 Å². The maximum absolute atomic E-state index is 12.7. The summed E-state index contributed by atoms with van der Waals surface area (Å²) in [5.41, 5.74) is 5.95. The van der Waals surface area contributed by atoms with Gasteiger partial charge >= 0.3 is 0 Å². The largest absolute Gasteiger partial charge is 0.327 e. The molecule has 0 saturated heterocycles. The van der Waals surface area contributed by atoms with Crippen LogP contribution in [-0.2, 0) is 4.79 Å². The van der Waals surface area contributed by atoms with Crippen LogP contribution in [0.25, 0.3) is 0 Å². The van der Waals surface area contributed by atoms with Crippen LogP contribution >= 0.6 is 0 Å². The summed E-state index contributed by atoms with van der Waals surface area (Å²) < 4.78 is 0. The van der Waals surface area contributed by atoms with Gasteiger partial charge in [-0.3, -0.25) is 4.79 Å². The van der Waals surface area contributed by atoms with Crippen LogP contribution in [0.3, 0.4) is 0 Å². The fourth-order valence-electron chi connectivity index (χ4n) is 4.13. The normalized spacial score (nSPS) is 47.1. The molecule has 98 valence electrons. The SMILES string of the molecule is CC1CC(C)CC(C(=O)C2(C)CCCC2N)C1. The Kier molecular flexibility index (Phi) is 3.63. The Bertz CT molecular complexity index is 291. The van der Waals surface area contributed by atoms with E-state index in [4.69, 9.17) is 5.73 Å². The van der Waals surface area contributed by atoms with Crippen LogP contribution < -0.4 is 5.73 Å². The summed E-state index contributed by atoms with van der Waals surface area (Å²) in [6, 6.07) is 0.0996. The molecule has 0 bridgehead atoms. The first-order valence-electron chi connectivity index (χ1n) is 7.23. The number of nitrogens with two attached hydrogens (primary N) is 1. The summed E-state index contributed by atoms with van der Waals surface area (Å²) in [6.07, 6.45) is 6.62. The summed E-state index contributed by atoms with van der Waals surface area (Å²) in [5, 5.41) is 0. The van der Waals surface area contributed by atoms with E-state index in [2.05, 4.69) is 20.8 Å². The Morgan fingerprint density at radius 2 is 1.76 bits per heavy atom. The topological polar surface area (TPSA) is 43.1 Å². The second-order valence-corrected chi connectivity index (χ2v) is 6.89. The average molecular weight is 237 g/mol. The Morgan fingerprint density at radius 3 is 2.24 bits per heavy atom. The minimum absolute atomic E-state index is 0.0996. The second kappa shape index (κ2) is 4.72. The van der Waals surface area contributed by atoms with Gasteiger partial charge < -0.3 is 5.73 Å². The maximum atomic E-state index is 12.7. The minimum Gasteiger partial charge on any atom is -0.327 e. The van der Waals surface area contributed by atoms with Gasteiger partial charge in [0.05, 0.1) is 0 Å². The number of hydrogen-bond acceptors (Lipinski definition) is 2. The van der Waals surface area contributed by atoms with E-state index in [1.54, 1.807) is 0 Å². The van der Waals surface area contributed by atoms with E-state index in [1.165, 1.54) is 6.42 Å². The first kappa shape index (κ1) is 13.1. The maximum Gasteiger partial charge on any atom is 0.143 e. The Balaban J connectivity index is 2.09. The van der Waals surface area contributed by atoms with Gasteiger partial charge in [-0.25, -0.2) is 0 Å². The Hall–Kier alpha value is -0.370. The van der Waals surface area contributed by atoms with Gasteiger partial charge in [0.25, 0.3) is 0 Å². The van der Waals surface area contributed by atoms with Crippen molar-refractivity contribution in [3.8, 4) is 0 Å². The molecule has 0 aliphatic heterocycles. The van der Waals surface area contributed by atoms with Gasteiger partial charge in [0.1, 0.15) is 5.78 Å². The molecule has 4 unspecified atom stereocenters. The third-order valence-corrected chi connectivity index (χ3v) is 5.14. The highest BCUT2D eigenvalue weighted by atomic mass is 16.1. The van der Waals surface area contributed by atoms with Crippen LogP contribution in [-0.4, -0.2) is 11.8 Å². The number of carbonyl (C=O) groups is 1. The smallest absolute Gasteiger partial charge is 0.143 e. The Morgan fingerprint density at radius 1 is 1.18 bits per heavy atom. The van der Waals surface area contributed by atoms with E-state index in [-0.39, 0.29) is 17.4 Å². The summed E-state index contributed by atoms with van der Waals surface area (Å²) in [7, 11) is 0. The molecule has 2 aliphatic rings. The molecule has 0 aromatic carbocycles. The molecule has 0 heterocycles. The van der Waals surface area contributed by atoms with Crippen LogP contribution in [0, 0.1) is 23.2 Å². The third kappa shape index (κ3) is 2.42. The van der Waals surface area contributed by atoms with Gasteiger partial charge in [-0.05, 0) is 43.9 Å². The predicted octanol–water partition coefficient (Wildman–Crippen LogP) is 3.15. The Labute approximate surface area is 105 Å². The first-order chi connectivity index (χ1) is 7.93. The quantitative estimate of drug-likeness (QED) is 0.801. The molecular formula is C15H27NO. The van der Waals surface area contributed by atoms with Crippen LogP contribution in [0.1, 0.15) is 59.3 Å². The molecule has 2 fully saturated rings. The molecule has 2 saturated carbocycles. The van der Waals surface area contributed by atoms with E-state index >= 15 is 0 Å². The lowest BCUT2D eigenvalue weighted by Crippen LogP contribution is -2.45. The van der Waals surface area contributed by atoms with Crippen molar-refractivity contribution in [3.63, 3.8) is 0 Å². The van der Waals surface area contributed by atoms with Crippen molar-refractivity contribution in [2.45, 2.75) is 65.3 Å². The number of Topliss-reactive ketones (excluding diaryl/α,β-unsaturated/α-hetero) is 1. The lowest BCUT2D eigenvalue weighted by Gasteiger charge is -2.37. The number of ketones is 1. The van der Waals surface area contributed by atoms with Gasteiger partial charge in [0.15, 0.2) is 0 Å². The zero-order valence-corrected chi connectivity index (χ0v) is 11.5. The summed E-state index contributed by atoms with van der Waals surface area (Å²) in [5.74, 6) is 2.16. The highest BCUT2D eigenvalue weighted by molar-refractivity contribution is 5.87. The minimum atomic E-state index is -0.221. The van der Waals surface area contributed by atoms with Gasteiger partial charge in [-0.1, -0.05) is 27.2 Å². The summed E-state index contributed by atoms with van der Waals surface area (Å²) >= 11 is 0. The van der Waals surface area contributed by atoms with E-state index in [1.807, 2.05) is 0 Å². The summed E-state index contributed by atoms with van der Waals surface area (Å²) in [4.78, 5) is 12.7. The van der Waals surface area contributed by atoms with E-state index in [0.717, 1.165) is 32.1 Å². The molecule has 0 amide bonds. The van der Waals surface area contributed by atoms with Crippen molar-refractivity contribution in [3.05, 3.63) is 0 Å². The van der Waals surface area contributed by atoms with Crippen molar-refractivity contribution in [2.24, 2.45) is 28.9 Å². The average Bonchev–Trinajstić information content (AvgIpc) is 2.58. The van der Waals surface area contributed by atoms with Crippen molar-refractivity contribution in [1.82, 2.24) is 0 Å². The molecule has 4 atom stereocenters. The molecule has 17 heavy (non-hydrogen) atoms. The van der Waals surface area contributed by atoms with Gasteiger partial charge in [0, 0.05) is 17.4 Å². The van der Waals surface area contributed by atoms with E-state index in [9.17, 15) is 4.79 Å². The highest BCUT2D eigenvalue weighted by Crippen LogP contribution is 2.43. The molecular weight excluding hydrogens is 210 g/mol. The molecule has 2 nitrogen and oxygen atoms in total. The number of carbonyl (C=O) groups excluding carboxylic acids is 1. The lowest BCUT2D eigenvalue weighted by molar-refractivity contribution is -0.134. The molecule has 0 aromatic rings. The predicted molar refractivity (Wildman–Crippen MR) is 70.6 cm³/mol. The van der Waals surface area contributed by atoms with Crippen LogP contribution in [0.4, 0.5) is 0 Å². The van der Waals surface area contributed by atoms with Crippen molar-refractivity contribution in [2.75, 3.05) is 0 Å². The molecule has 0 radical (unpaired) electrons. The fraction of sp³-hybridized carbons (Fsp3) is 0.933. The second-order valence-electron chi connectivity index (χ2n) is 6.89. The van der Waals surface area contributed by atoms with Crippen LogP contribution in [0.15, 0.2) is 0 Å². The van der Waals surface area contributed by atoms with E-state index < -0.39 is 0 Å². The highest BCUT2D eigenvalue weighted by Gasteiger charge is 2.46. The van der Waals surface area contributed by atoms with Gasteiger partial charge in [-0.2, -0.15) is 0 Å². The summed E-state index contributed by atoms with van der Waals surface area (Å²) in [6.45, 7) is 6.68. The zero-order valence-electron chi connectivity index (χ0n) is 11.5. The third-order valence-electron chi connectivity index (χ3n) is 5.14. The fourth-order valence-corrected chi connectivity index (χ4v) is 4.13. The van der Waals surface area contributed by atoms with Gasteiger partial charge in [0.2, 0.25) is 0 Å². The molecule has 2 rings (SSSR count). The van der Waals surface area contributed by atoms with Crippen molar-refractivity contribution in [1.29, 1.82) is 0 Å². The van der Waals surface area contributed by atoms with Crippen LogP contribution in [0.5, 0.6) is 0 Å². The van der Waals surface area contributed by atoms with Crippen LogP contribution in [0.2, 0.25) is 0 Å².